The SMILES string of the molecule is CCC1NCCN(CC2CSc3ccccc32)C1=O. The predicted molar refractivity (Wildman–Crippen MR) is 78.6 cm³/mol. The smallest absolute Gasteiger partial charge is 0.239 e. The van der Waals surface area contributed by atoms with Gasteiger partial charge in [0, 0.05) is 36.2 Å². The van der Waals surface area contributed by atoms with Crippen molar-refractivity contribution in [2.24, 2.45) is 0 Å². The van der Waals surface area contributed by atoms with Gasteiger partial charge in [-0.1, -0.05) is 25.1 Å². The first kappa shape index (κ1) is 13.0. The molecule has 0 bridgehead atoms. The van der Waals surface area contributed by atoms with Gasteiger partial charge in [-0.05, 0) is 18.1 Å². The van der Waals surface area contributed by atoms with Crippen LogP contribution in [-0.4, -0.2) is 42.2 Å². The summed E-state index contributed by atoms with van der Waals surface area (Å²) in [5.41, 5.74) is 1.42. The molecule has 2 aliphatic heterocycles. The number of rotatable bonds is 3. The molecule has 4 heteroatoms. The number of hydrogen-bond donors (Lipinski definition) is 1. The van der Waals surface area contributed by atoms with Crippen LogP contribution >= 0.6 is 11.8 Å². The average Bonchev–Trinajstić information content (AvgIpc) is 2.85. The summed E-state index contributed by atoms with van der Waals surface area (Å²) in [6.45, 7) is 4.71. The minimum Gasteiger partial charge on any atom is -0.339 e. The Bertz CT molecular complexity index is 477. The van der Waals surface area contributed by atoms with Gasteiger partial charge in [-0.2, -0.15) is 0 Å². The molecule has 1 aromatic rings. The molecule has 2 unspecified atom stereocenters. The van der Waals surface area contributed by atoms with Crippen LogP contribution in [0.2, 0.25) is 0 Å². The molecule has 0 radical (unpaired) electrons. The fourth-order valence-electron chi connectivity index (χ4n) is 2.94. The van der Waals surface area contributed by atoms with E-state index in [1.807, 2.05) is 11.8 Å². The highest BCUT2D eigenvalue weighted by atomic mass is 32.2. The first-order valence-electron chi connectivity index (χ1n) is 7.03. The molecule has 1 N–H and O–H groups in total. The monoisotopic (exact) mass is 276 g/mol. The average molecular weight is 276 g/mol. The van der Waals surface area contributed by atoms with Crippen molar-refractivity contribution >= 4 is 17.7 Å². The number of piperazine rings is 1. The van der Waals surface area contributed by atoms with Crippen molar-refractivity contribution in [3.63, 3.8) is 0 Å². The molecule has 0 aliphatic carbocycles. The highest BCUT2D eigenvalue weighted by Gasteiger charge is 2.31. The van der Waals surface area contributed by atoms with E-state index < -0.39 is 0 Å². The fraction of sp³-hybridized carbons (Fsp3) is 0.533. The number of hydrogen-bond acceptors (Lipinski definition) is 3. The van der Waals surface area contributed by atoms with Gasteiger partial charge in [0.05, 0.1) is 6.04 Å². The van der Waals surface area contributed by atoms with E-state index in [1.165, 1.54) is 10.5 Å². The summed E-state index contributed by atoms with van der Waals surface area (Å²) in [7, 11) is 0. The molecule has 2 atom stereocenters. The molecule has 0 spiro atoms. The number of nitrogens with one attached hydrogen (secondary N) is 1. The third-order valence-corrected chi connectivity index (χ3v) is 5.28. The van der Waals surface area contributed by atoms with Gasteiger partial charge in [0.2, 0.25) is 5.91 Å². The Balaban J connectivity index is 1.71. The largest absolute Gasteiger partial charge is 0.339 e. The number of fused-ring (bicyclic) bond motifs is 1. The van der Waals surface area contributed by atoms with E-state index in [4.69, 9.17) is 0 Å². The lowest BCUT2D eigenvalue weighted by molar-refractivity contribution is -0.135. The maximum Gasteiger partial charge on any atom is 0.239 e. The summed E-state index contributed by atoms with van der Waals surface area (Å²) in [5.74, 6) is 1.89. The first-order valence-corrected chi connectivity index (χ1v) is 8.02. The standard InChI is InChI=1S/C15H20N2OS/c1-2-13-15(18)17(8-7-16-13)9-11-10-19-14-6-4-3-5-12(11)14/h3-6,11,13,16H,2,7-10H2,1H3. The molecule has 19 heavy (non-hydrogen) atoms. The third-order valence-electron chi connectivity index (χ3n) is 4.03. The Hall–Kier alpha value is -1.00. The summed E-state index contributed by atoms with van der Waals surface area (Å²) in [6, 6.07) is 8.63. The Morgan fingerprint density at radius 1 is 1.42 bits per heavy atom. The summed E-state index contributed by atoms with van der Waals surface area (Å²) >= 11 is 1.92. The van der Waals surface area contributed by atoms with Gasteiger partial charge in [0.1, 0.15) is 0 Å². The Morgan fingerprint density at radius 3 is 3.11 bits per heavy atom. The van der Waals surface area contributed by atoms with Crippen LogP contribution in [0.15, 0.2) is 29.2 Å². The molecule has 2 aliphatic rings. The van der Waals surface area contributed by atoms with E-state index in [0.29, 0.717) is 5.92 Å². The minimum absolute atomic E-state index is 0.0260. The second kappa shape index (κ2) is 5.55. The number of amides is 1. The third kappa shape index (κ3) is 2.51. The quantitative estimate of drug-likeness (QED) is 0.917. The Labute approximate surface area is 118 Å². The molecular weight excluding hydrogens is 256 g/mol. The highest BCUT2D eigenvalue weighted by molar-refractivity contribution is 7.99. The molecule has 0 saturated carbocycles. The topological polar surface area (TPSA) is 32.3 Å². The van der Waals surface area contributed by atoms with Crippen LogP contribution in [0, 0.1) is 0 Å². The van der Waals surface area contributed by atoms with Gasteiger partial charge in [-0.15, -0.1) is 11.8 Å². The van der Waals surface area contributed by atoms with Crippen LogP contribution < -0.4 is 5.32 Å². The lowest BCUT2D eigenvalue weighted by Crippen LogP contribution is -2.55. The van der Waals surface area contributed by atoms with Crippen molar-refractivity contribution in [2.45, 2.75) is 30.2 Å². The maximum absolute atomic E-state index is 12.3. The van der Waals surface area contributed by atoms with Crippen LogP contribution in [-0.2, 0) is 4.79 Å². The van der Waals surface area contributed by atoms with E-state index >= 15 is 0 Å². The van der Waals surface area contributed by atoms with E-state index in [-0.39, 0.29) is 11.9 Å². The van der Waals surface area contributed by atoms with Crippen molar-refractivity contribution < 1.29 is 4.79 Å². The van der Waals surface area contributed by atoms with Crippen molar-refractivity contribution in [1.82, 2.24) is 10.2 Å². The zero-order valence-corrected chi connectivity index (χ0v) is 12.1. The van der Waals surface area contributed by atoms with Crippen LogP contribution in [0.25, 0.3) is 0 Å². The molecule has 3 rings (SSSR count). The van der Waals surface area contributed by atoms with Crippen molar-refractivity contribution in [1.29, 1.82) is 0 Å². The van der Waals surface area contributed by atoms with Gasteiger partial charge >= 0.3 is 0 Å². The van der Waals surface area contributed by atoms with E-state index in [1.54, 1.807) is 0 Å². The molecule has 1 fully saturated rings. The summed E-state index contributed by atoms with van der Waals surface area (Å²) in [6.07, 6.45) is 0.880. The second-order valence-corrected chi connectivity index (χ2v) is 6.31. The zero-order valence-electron chi connectivity index (χ0n) is 11.3. The summed E-state index contributed by atoms with van der Waals surface area (Å²) in [4.78, 5) is 15.8. The lowest BCUT2D eigenvalue weighted by Gasteiger charge is -2.34. The maximum atomic E-state index is 12.3. The molecule has 1 saturated heterocycles. The minimum atomic E-state index is 0.0260. The van der Waals surface area contributed by atoms with E-state index in [0.717, 1.165) is 31.8 Å². The van der Waals surface area contributed by atoms with Crippen LogP contribution in [0.1, 0.15) is 24.8 Å². The Kier molecular flexibility index (Phi) is 3.80. The molecule has 1 amide bonds. The molecule has 102 valence electrons. The van der Waals surface area contributed by atoms with Gasteiger partial charge in [0.15, 0.2) is 0 Å². The van der Waals surface area contributed by atoms with Crippen molar-refractivity contribution in [3.05, 3.63) is 29.8 Å². The van der Waals surface area contributed by atoms with Crippen molar-refractivity contribution in [3.8, 4) is 0 Å². The van der Waals surface area contributed by atoms with E-state index in [2.05, 4.69) is 41.4 Å². The molecule has 0 aromatic heterocycles. The van der Waals surface area contributed by atoms with Gasteiger partial charge < -0.3 is 10.2 Å². The molecular formula is C15H20N2OS. The number of benzene rings is 1. The van der Waals surface area contributed by atoms with Gasteiger partial charge in [-0.25, -0.2) is 0 Å². The normalized spacial score (nSPS) is 26.6. The zero-order chi connectivity index (χ0) is 13.2. The van der Waals surface area contributed by atoms with E-state index in [9.17, 15) is 4.79 Å². The van der Waals surface area contributed by atoms with Crippen molar-refractivity contribution in [2.75, 3.05) is 25.4 Å². The molecule has 3 nitrogen and oxygen atoms in total. The number of carbonyl (C=O) groups excluding carboxylic acids is 1. The lowest BCUT2D eigenvalue weighted by atomic mass is 9.99. The second-order valence-electron chi connectivity index (χ2n) is 5.24. The molecule has 2 heterocycles. The summed E-state index contributed by atoms with van der Waals surface area (Å²) < 4.78 is 0. The highest BCUT2D eigenvalue weighted by Crippen LogP contribution is 2.39. The number of thioether (sulfide) groups is 1. The molecule has 1 aromatic carbocycles. The van der Waals surface area contributed by atoms with Crippen LogP contribution in [0.5, 0.6) is 0 Å². The number of carbonyl (C=O) groups is 1. The van der Waals surface area contributed by atoms with Crippen LogP contribution in [0.3, 0.4) is 0 Å². The van der Waals surface area contributed by atoms with Gasteiger partial charge in [0.25, 0.3) is 0 Å². The van der Waals surface area contributed by atoms with Gasteiger partial charge in [-0.3, -0.25) is 4.79 Å². The van der Waals surface area contributed by atoms with Crippen LogP contribution in [0.4, 0.5) is 0 Å². The summed E-state index contributed by atoms with van der Waals surface area (Å²) in [5, 5.41) is 3.30. The fourth-order valence-corrected chi connectivity index (χ4v) is 4.18. The number of nitrogens with zero attached hydrogens (tertiary/aromatic N) is 1. The Morgan fingerprint density at radius 2 is 2.26 bits per heavy atom. The first-order chi connectivity index (χ1) is 9.29. The predicted octanol–water partition coefficient (Wildman–Crippen LogP) is 2.09.